The number of rotatable bonds is 3. The van der Waals surface area contributed by atoms with Gasteiger partial charge in [0.1, 0.15) is 11.1 Å². The molecule has 0 bridgehead atoms. The molecule has 4 heteroatoms. The van der Waals surface area contributed by atoms with Crippen LogP contribution in [0, 0.1) is 0 Å². The number of Topliss-reactive ketones (excluding diaryl/α,β-unsaturated/α-hetero) is 1. The van der Waals surface area contributed by atoms with Crippen molar-refractivity contribution >= 4 is 39.6 Å². The molecular formula is C4H4BrClO2. The highest BCUT2D eigenvalue weighted by Crippen LogP contribution is 1.97. The fourth-order valence-electron chi connectivity index (χ4n) is 0.150. The van der Waals surface area contributed by atoms with Crippen LogP contribution in [0.4, 0.5) is 0 Å². The van der Waals surface area contributed by atoms with E-state index in [9.17, 15) is 9.59 Å². The lowest BCUT2D eigenvalue weighted by Crippen LogP contribution is -2.15. The summed E-state index contributed by atoms with van der Waals surface area (Å²) in [7, 11) is 0. The molecule has 46 valence electrons. The zero-order valence-electron chi connectivity index (χ0n) is 3.93. The van der Waals surface area contributed by atoms with Crippen molar-refractivity contribution in [3.05, 3.63) is 0 Å². The summed E-state index contributed by atoms with van der Waals surface area (Å²) in [5, 5.41) is 0. The van der Waals surface area contributed by atoms with Crippen LogP contribution in [0.3, 0.4) is 0 Å². The van der Waals surface area contributed by atoms with Gasteiger partial charge in [-0.15, -0.1) is 11.6 Å². The maximum atomic E-state index is 10.3. The summed E-state index contributed by atoms with van der Waals surface area (Å²) in [6.45, 7) is 0. The van der Waals surface area contributed by atoms with Crippen LogP contribution in [0.1, 0.15) is 0 Å². The van der Waals surface area contributed by atoms with Crippen LogP contribution >= 0.6 is 27.5 Å². The van der Waals surface area contributed by atoms with E-state index in [1.165, 1.54) is 0 Å². The Morgan fingerprint density at radius 3 is 2.50 bits per heavy atom. The average Bonchev–Trinajstić information content (AvgIpc) is 1.84. The first-order valence-corrected chi connectivity index (χ1v) is 3.35. The third-order valence-electron chi connectivity index (χ3n) is 0.559. The van der Waals surface area contributed by atoms with Gasteiger partial charge in [-0.05, 0) is 0 Å². The monoisotopic (exact) mass is 198 g/mol. The zero-order valence-corrected chi connectivity index (χ0v) is 6.28. The lowest BCUT2D eigenvalue weighted by Gasteiger charge is -1.91. The standard InChI is InChI=1S/C4H4BrClO2/c5-3(2-7)4(8)1-6/h2-3H,1H2. The molecule has 0 aliphatic rings. The number of halogens is 2. The number of alkyl halides is 2. The van der Waals surface area contributed by atoms with Crippen LogP contribution in [0.2, 0.25) is 0 Å². The second kappa shape index (κ2) is 4.04. The summed E-state index contributed by atoms with van der Waals surface area (Å²) in [5.41, 5.74) is 0. The van der Waals surface area contributed by atoms with E-state index in [2.05, 4.69) is 15.9 Å². The van der Waals surface area contributed by atoms with Gasteiger partial charge in [0, 0.05) is 0 Å². The molecule has 0 heterocycles. The average molecular weight is 199 g/mol. The smallest absolute Gasteiger partial charge is 0.168 e. The summed E-state index contributed by atoms with van der Waals surface area (Å²) < 4.78 is 0. The van der Waals surface area contributed by atoms with Gasteiger partial charge in [-0.25, -0.2) is 0 Å². The van der Waals surface area contributed by atoms with E-state index in [-0.39, 0.29) is 11.7 Å². The number of aldehydes is 1. The largest absolute Gasteiger partial charge is 0.302 e. The maximum absolute atomic E-state index is 10.3. The molecule has 1 unspecified atom stereocenters. The van der Waals surface area contributed by atoms with Crippen LogP contribution < -0.4 is 0 Å². The van der Waals surface area contributed by atoms with Crippen molar-refractivity contribution in [2.75, 3.05) is 5.88 Å². The molecule has 0 saturated carbocycles. The fourth-order valence-corrected chi connectivity index (χ4v) is 0.664. The SMILES string of the molecule is O=CC(Br)C(=O)CCl. The molecule has 0 saturated heterocycles. The number of carbonyl (C=O) groups is 2. The molecule has 0 aromatic heterocycles. The van der Waals surface area contributed by atoms with E-state index in [1.807, 2.05) is 0 Å². The van der Waals surface area contributed by atoms with Gasteiger partial charge in [0.2, 0.25) is 0 Å². The van der Waals surface area contributed by atoms with Gasteiger partial charge in [-0.1, -0.05) is 15.9 Å². The molecule has 0 radical (unpaired) electrons. The predicted octanol–water partition coefficient (Wildman–Crippen LogP) is 0.757. The third kappa shape index (κ3) is 2.43. The number of ketones is 1. The number of hydrogen-bond acceptors (Lipinski definition) is 2. The molecule has 8 heavy (non-hydrogen) atoms. The Bertz CT molecular complexity index is 104. The third-order valence-corrected chi connectivity index (χ3v) is 1.55. The van der Waals surface area contributed by atoms with E-state index in [0.29, 0.717) is 6.29 Å². The van der Waals surface area contributed by atoms with Gasteiger partial charge >= 0.3 is 0 Å². The van der Waals surface area contributed by atoms with Gasteiger partial charge in [0.25, 0.3) is 0 Å². The summed E-state index contributed by atoms with van der Waals surface area (Å²) in [5.74, 6) is -0.420. The molecule has 2 nitrogen and oxygen atoms in total. The minimum absolute atomic E-state index is 0.116. The second-order valence-corrected chi connectivity index (χ2v) is 2.39. The van der Waals surface area contributed by atoms with E-state index in [0.717, 1.165) is 0 Å². The first-order valence-electron chi connectivity index (χ1n) is 1.90. The second-order valence-electron chi connectivity index (χ2n) is 1.14. The fraction of sp³-hybridized carbons (Fsp3) is 0.500. The highest BCUT2D eigenvalue weighted by Gasteiger charge is 2.10. The first-order chi connectivity index (χ1) is 3.72. The Labute approximate surface area is 60.3 Å². The van der Waals surface area contributed by atoms with Crippen LogP contribution in [0.5, 0.6) is 0 Å². The Morgan fingerprint density at radius 1 is 1.88 bits per heavy atom. The minimum atomic E-state index is -0.722. The van der Waals surface area contributed by atoms with Crippen molar-refractivity contribution in [1.82, 2.24) is 0 Å². The summed E-state index contributed by atoms with van der Waals surface area (Å²) in [6, 6.07) is 0. The van der Waals surface area contributed by atoms with Crippen LogP contribution in [-0.4, -0.2) is 22.8 Å². The van der Waals surface area contributed by atoms with Crippen molar-refractivity contribution in [1.29, 1.82) is 0 Å². The Hall–Kier alpha value is 0.110. The highest BCUT2D eigenvalue weighted by molar-refractivity contribution is 9.10. The Kier molecular flexibility index (Phi) is 4.09. The molecule has 0 aliphatic heterocycles. The molecule has 0 aliphatic carbocycles. The van der Waals surface area contributed by atoms with Gasteiger partial charge in [0.05, 0.1) is 5.88 Å². The van der Waals surface area contributed by atoms with Gasteiger partial charge in [0.15, 0.2) is 5.78 Å². The molecule has 1 atom stereocenters. The molecule has 0 fully saturated rings. The lowest BCUT2D eigenvalue weighted by molar-refractivity contribution is -0.119. The van der Waals surface area contributed by atoms with E-state index in [1.54, 1.807) is 0 Å². The molecular weight excluding hydrogens is 195 g/mol. The number of hydrogen-bond donors (Lipinski definition) is 0. The van der Waals surface area contributed by atoms with Crippen molar-refractivity contribution in [3.8, 4) is 0 Å². The molecule has 0 rings (SSSR count). The minimum Gasteiger partial charge on any atom is -0.302 e. The first kappa shape index (κ1) is 8.11. The predicted molar refractivity (Wildman–Crippen MR) is 34.5 cm³/mol. The summed E-state index contributed by atoms with van der Waals surface area (Å²) in [6.07, 6.45) is 0.505. The topological polar surface area (TPSA) is 34.1 Å². The van der Waals surface area contributed by atoms with Crippen LogP contribution in [0.15, 0.2) is 0 Å². The van der Waals surface area contributed by atoms with Gasteiger partial charge in [-0.3, -0.25) is 4.79 Å². The van der Waals surface area contributed by atoms with Crippen molar-refractivity contribution in [2.45, 2.75) is 4.83 Å². The Morgan fingerprint density at radius 2 is 2.38 bits per heavy atom. The Balaban J connectivity index is 3.62. The zero-order chi connectivity index (χ0) is 6.57. The molecule has 0 spiro atoms. The highest BCUT2D eigenvalue weighted by atomic mass is 79.9. The van der Waals surface area contributed by atoms with Crippen molar-refractivity contribution < 1.29 is 9.59 Å². The normalized spacial score (nSPS) is 12.8. The molecule has 0 aromatic carbocycles. The van der Waals surface area contributed by atoms with E-state index in [4.69, 9.17) is 11.6 Å². The molecule has 0 amide bonds. The van der Waals surface area contributed by atoms with Gasteiger partial charge in [-0.2, -0.15) is 0 Å². The van der Waals surface area contributed by atoms with Crippen LogP contribution in [-0.2, 0) is 9.59 Å². The maximum Gasteiger partial charge on any atom is 0.168 e. The van der Waals surface area contributed by atoms with Crippen LogP contribution in [0.25, 0.3) is 0 Å². The summed E-state index contributed by atoms with van der Waals surface area (Å²) >= 11 is 7.89. The van der Waals surface area contributed by atoms with E-state index < -0.39 is 4.83 Å². The summed E-state index contributed by atoms with van der Waals surface area (Å²) in [4.78, 5) is 19.4. The molecule has 0 N–H and O–H groups in total. The van der Waals surface area contributed by atoms with Gasteiger partial charge < -0.3 is 4.79 Å². The van der Waals surface area contributed by atoms with Crippen molar-refractivity contribution in [2.24, 2.45) is 0 Å². The molecule has 0 aromatic rings. The quantitative estimate of drug-likeness (QED) is 0.382. The van der Waals surface area contributed by atoms with Crippen molar-refractivity contribution in [3.63, 3.8) is 0 Å². The lowest BCUT2D eigenvalue weighted by atomic mass is 10.3. The van der Waals surface area contributed by atoms with E-state index >= 15 is 0 Å². The number of carbonyl (C=O) groups excluding carboxylic acids is 2.